The van der Waals surface area contributed by atoms with Crippen molar-refractivity contribution in [3.05, 3.63) is 34.9 Å². The Balaban J connectivity index is 1.64. The van der Waals surface area contributed by atoms with Crippen LogP contribution in [0.3, 0.4) is 0 Å². The summed E-state index contributed by atoms with van der Waals surface area (Å²) in [5, 5.41) is 3.86. The molecule has 3 nitrogen and oxygen atoms in total. The predicted molar refractivity (Wildman–Crippen MR) is 95.5 cm³/mol. The van der Waals surface area contributed by atoms with Crippen molar-refractivity contribution in [3.63, 3.8) is 0 Å². The van der Waals surface area contributed by atoms with Gasteiger partial charge in [0, 0.05) is 23.1 Å². The molecule has 22 heavy (non-hydrogen) atoms. The summed E-state index contributed by atoms with van der Waals surface area (Å²) >= 11 is 7.79. The SMILES string of the molecule is CN1CCCCC[C@H]1C(=O)NCCSCc1cccc(Cl)c1. The number of hydrogen-bond donors (Lipinski definition) is 1. The zero-order valence-electron chi connectivity index (χ0n) is 13.2. The van der Waals surface area contributed by atoms with E-state index in [4.69, 9.17) is 11.6 Å². The van der Waals surface area contributed by atoms with Gasteiger partial charge in [-0.2, -0.15) is 11.8 Å². The number of halogens is 1. The molecule has 0 spiro atoms. The highest BCUT2D eigenvalue weighted by molar-refractivity contribution is 7.98. The summed E-state index contributed by atoms with van der Waals surface area (Å²) in [5.41, 5.74) is 1.23. The average molecular weight is 341 g/mol. The normalized spacial score (nSPS) is 19.6. The van der Waals surface area contributed by atoms with Gasteiger partial charge in [-0.3, -0.25) is 9.69 Å². The number of likely N-dealkylation sites (N-methyl/N-ethyl adjacent to an activating group) is 1. The van der Waals surface area contributed by atoms with Crippen LogP contribution < -0.4 is 5.32 Å². The van der Waals surface area contributed by atoms with Crippen LogP contribution in [0.1, 0.15) is 31.2 Å². The maximum Gasteiger partial charge on any atom is 0.237 e. The summed E-state index contributed by atoms with van der Waals surface area (Å²) < 4.78 is 0. The maximum absolute atomic E-state index is 12.3. The van der Waals surface area contributed by atoms with Crippen LogP contribution in [-0.2, 0) is 10.5 Å². The van der Waals surface area contributed by atoms with Crippen LogP contribution in [0.4, 0.5) is 0 Å². The van der Waals surface area contributed by atoms with E-state index in [1.165, 1.54) is 18.4 Å². The number of carbonyl (C=O) groups excluding carboxylic acids is 1. The number of benzene rings is 1. The molecule has 0 unspecified atom stereocenters. The fraction of sp³-hybridized carbons (Fsp3) is 0.588. The molecule has 1 aliphatic rings. The molecule has 5 heteroatoms. The summed E-state index contributed by atoms with van der Waals surface area (Å²) in [4.78, 5) is 14.5. The summed E-state index contributed by atoms with van der Waals surface area (Å²) in [6.45, 7) is 1.76. The van der Waals surface area contributed by atoms with E-state index in [9.17, 15) is 4.79 Å². The van der Waals surface area contributed by atoms with Crippen molar-refractivity contribution < 1.29 is 4.79 Å². The molecule has 1 N–H and O–H groups in total. The van der Waals surface area contributed by atoms with Gasteiger partial charge < -0.3 is 5.32 Å². The molecule has 2 rings (SSSR count). The van der Waals surface area contributed by atoms with Crippen molar-refractivity contribution in [1.82, 2.24) is 10.2 Å². The standard InChI is InChI=1S/C17H25ClN2OS/c1-20-10-4-2-3-8-16(20)17(21)19-9-11-22-13-14-6-5-7-15(18)12-14/h5-7,12,16H,2-4,8-11,13H2,1H3,(H,19,21)/t16-/m0/s1. The minimum Gasteiger partial charge on any atom is -0.354 e. The molecule has 0 radical (unpaired) electrons. The summed E-state index contributed by atoms with van der Waals surface area (Å²) in [7, 11) is 2.06. The highest BCUT2D eigenvalue weighted by Gasteiger charge is 2.23. The highest BCUT2D eigenvalue weighted by Crippen LogP contribution is 2.17. The van der Waals surface area contributed by atoms with E-state index in [-0.39, 0.29) is 11.9 Å². The predicted octanol–water partition coefficient (Wildman–Crippen LogP) is 3.56. The van der Waals surface area contributed by atoms with E-state index in [2.05, 4.69) is 23.3 Å². The molecule has 1 aromatic carbocycles. The van der Waals surface area contributed by atoms with Crippen molar-refractivity contribution >= 4 is 29.3 Å². The molecule has 0 saturated carbocycles. The number of nitrogens with zero attached hydrogens (tertiary/aromatic N) is 1. The number of rotatable bonds is 6. The zero-order valence-corrected chi connectivity index (χ0v) is 14.8. The smallest absolute Gasteiger partial charge is 0.237 e. The van der Waals surface area contributed by atoms with Gasteiger partial charge in [-0.05, 0) is 44.1 Å². The van der Waals surface area contributed by atoms with Crippen LogP contribution >= 0.6 is 23.4 Å². The molecule has 1 fully saturated rings. The van der Waals surface area contributed by atoms with Gasteiger partial charge in [0.05, 0.1) is 6.04 Å². The van der Waals surface area contributed by atoms with Crippen LogP contribution in [0.15, 0.2) is 24.3 Å². The second-order valence-electron chi connectivity index (χ2n) is 5.82. The molecule has 1 aromatic rings. The van der Waals surface area contributed by atoms with Crippen molar-refractivity contribution in [2.75, 3.05) is 25.9 Å². The summed E-state index contributed by atoms with van der Waals surface area (Å²) in [5.74, 6) is 2.04. The lowest BCUT2D eigenvalue weighted by molar-refractivity contribution is -0.125. The Morgan fingerprint density at radius 3 is 3.09 bits per heavy atom. The Morgan fingerprint density at radius 2 is 2.27 bits per heavy atom. The third kappa shape index (κ3) is 5.82. The van der Waals surface area contributed by atoms with E-state index in [1.54, 1.807) is 0 Å². The number of hydrogen-bond acceptors (Lipinski definition) is 3. The van der Waals surface area contributed by atoms with Crippen LogP contribution in [-0.4, -0.2) is 42.7 Å². The number of thioether (sulfide) groups is 1. The molecular weight excluding hydrogens is 316 g/mol. The number of likely N-dealkylation sites (tertiary alicyclic amines) is 1. The number of amides is 1. The van der Waals surface area contributed by atoms with Gasteiger partial charge in [-0.25, -0.2) is 0 Å². The van der Waals surface area contributed by atoms with E-state index in [1.807, 2.05) is 30.0 Å². The minimum atomic E-state index is 0.0560. The molecule has 1 amide bonds. The Morgan fingerprint density at radius 1 is 1.41 bits per heavy atom. The summed E-state index contributed by atoms with van der Waals surface area (Å²) in [6, 6.07) is 7.99. The van der Waals surface area contributed by atoms with Crippen LogP contribution in [0.2, 0.25) is 5.02 Å². The van der Waals surface area contributed by atoms with Gasteiger partial charge in [0.1, 0.15) is 0 Å². The van der Waals surface area contributed by atoms with Crippen molar-refractivity contribution in [3.8, 4) is 0 Å². The monoisotopic (exact) mass is 340 g/mol. The molecule has 0 aromatic heterocycles. The molecule has 1 saturated heterocycles. The Hall–Kier alpha value is -0.710. The largest absolute Gasteiger partial charge is 0.354 e. The van der Waals surface area contributed by atoms with Gasteiger partial charge in [-0.1, -0.05) is 36.6 Å². The van der Waals surface area contributed by atoms with E-state index in [0.29, 0.717) is 0 Å². The molecule has 0 bridgehead atoms. The molecule has 1 heterocycles. The maximum atomic E-state index is 12.3. The molecule has 122 valence electrons. The van der Waals surface area contributed by atoms with Gasteiger partial charge >= 0.3 is 0 Å². The van der Waals surface area contributed by atoms with Gasteiger partial charge in [0.25, 0.3) is 0 Å². The van der Waals surface area contributed by atoms with E-state index >= 15 is 0 Å². The summed E-state index contributed by atoms with van der Waals surface area (Å²) in [6.07, 6.45) is 4.59. The highest BCUT2D eigenvalue weighted by atomic mass is 35.5. The lowest BCUT2D eigenvalue weighted by Gasteiger charge is -2.24. The van der Waals surface area contributed by atoms with E-state index in [0.717, 1.165) is 42.5 Å². The second-order valence-corrected chi connectivity index (χ2v) is 7.36. The minimum absolute atomic E-state index is 0.0560. The fourth-order valence-corrected chi connectivity index (χ4v) is 3.78. The second kappa shape index (κ2) is 9.43. The number of carbonyl (C=O) groups is 1. The van der Waals surface area contributed by atoms with Crippen molar-refractivity contribution in [2.45, 2.75) is 37.5 Å². The molecule has 1 aliphatic heterocycles. The first kappa shape index (κ1) is 17.6. The third-order valence-electron chi connectivity index (χ3n) is 4.03. The third-order valence-corrected chi connectivity index (χ3v) is 5.29. The lowest BCUT2D eigenvalue weighted by atomic mass is 10.1. The topological polar surface area (TPSA) is 32.3 Å². The quantitative estimate of drug-likeness (QED) is 0.803. The van der Waals surface area contributed by atoms with Gasteiger partial charge in [-0.15, -0.1) is 0 Å². The molecule has 1 atom stereocenters. The Kier molecular flexibility index (Phi) is 7.56. The van der Waals surface area contributed by atoms with Crippen molar-refractivity contribution in [1.29, 1.82) is 0 Å². The molecule has 0 aliphatic carbocycles. The Bertz CT molecular complexity index is 483. The fourth-order valence-electron chi connectivity index (χ4n) is 2.76. The lowest BCUT2D eigenvalue weighted by Crippen LogP contribution is -2.45. The molecular formula is C17H25ClN2OS. The van der Waals surface area contributed by atoms with Gasteiger partial charge in [0.15, 0.2) is 0 Å². The van der Waals surface area contributed by atoms with E-state index < -0.39 is 0 Å². The Labute approximate surface area is 142 Å². The first-order valence-corrected chi connectivity index (χ1v) is 9.50. The van der Waals surface area contributed by atoms with Crippen molar-refractivity contribution in [2.24, 2.45) is 0 Å². The average Bonchev–Trinajstić information content (AvgIpc) is 2.71. The van der Waals surface area contributed by atoms with Gasteiger partial charge in [0.2, 0.25) is 5.91 Å². The first-order valence-electron chi connectivity index (χ1n) is 7.97. The number of nitrogens with one attached hydrogen (secondary N) is 1. The van der Waals surface area contributed by atoms with Crippen LogP contribution in [0, 0.1) is 0 Å². The zero-order chi connectivity index (χ0) is 15.8. The van der Waals surface area contributed by atoms with Crippen LogP contribution in [0.5, 0.6) is 0 Å². The first-order chi connectivity index (χ1) is 10.7. The van der Waals surface area contributed by atoms with Crippen LogP contribution in [0.25, 0.3) is 0 Å².